The van der Waals surface area contributed by atoms with Crippen LogP contribution in [-0.4, -0.2) is 42.7 Å². The Balaban J connectivity index is 1.65. The minimum absolute atomic E-state index is 0.139. The summed E-state index contributed by atoms with van der Waals surface area (Å²) in [5, 5.41) is 32.4. The first kappa shape index (κ1) is 23.6. The van der Waals surface area contributed by atoms with Crippen molar-refractivity contribution in [1.82, 2.24) is 20.3 Å². The largest absolute Gasteiger partial charge is 0.508 e. The predicted molar refractivity (Wildman–Crippen MR) is 132 cm³/mol. The second kappa shape index (κ2) is 10.6. The van der Waals surface area contributed by atoms with E-state index in [1.54, 1.807) is 60.7 Å². The molecule has 0 saturated heterocycles. The maximum Gasteiger partial charge on any atom is 0.243 e. The van der Waals surface area contributed by atoms with Crippen LogP contribution < -0.4 is 5.32 Å². The van der Waals surface area contributed by atoms with Crippen LogP contribution in [0.15, 0.2) is 85.5 Å². The highest BCUT2D eigenvalue weighted by Gasteiger charge is 2.14. The van der Waals surface area contributed by atoms with Crippen LogP contribution in [0.1, 0.15) is 18.1 Å². The lowest BCUT2D eigenvalue weighted by Crippen LogP contribution is -2.23. The third-order valence-corrected chi connectivity index (χ3v) is 5.34. The molecule has 0 bridgehead atoms. The second-order valence-corrected chi connectivity index (χ2v) is 7.82. The van der Waals surface area contributed by atoms with Gasteiger partial charge in [0.1, 0.15) is 11.5 Å². The van der Waals surface area contributed by atoms with Crippen molar-refractivity contribution in [2.45, 2.75) is 12.5 Å². The minimum atomic E-state index is -0.743. The molecule has 8 nitrogen and oxygen atoms in total. The van der Waals surface area contributed by atoms with Gasteiger partial charge >= 0.3 is 0 Å². The average Bonchev–Trinajstić information content (AvgIpc) is 2.89. The zero-order valence-corrected chi connectivity index (χ0v) is 18.8. The number of aromatic nitrogens is 3. The molecule has 0 aliphatic rings. The Bertz CT molecular complexity index is 1260. The first-order chi connectivity index (χ1) is 16.9. The van der Waals surface area contributed by atoms with Gasteiger partial charge in [-0.25, -0.2) is 15.0 Å². The van der Waals surface area contributed by atoms with Crippen LogP contribution in [0.4, 0.5) is 0 Å². The monoisotopic (exact) mass is 468 g/mol. The number of carbonyl (C=O) groups excluding carboxylic acids is 1. The lowest BCUT2D eigenvalue weighted by atomic mass is 10.0. The number of aliphatic hydroxyl groups is 1. The van der Waals surface area contributed by atoms with Crippen molar-refractivity contribution in [3.8, 4) is 45.7 Å². The van der Waals surface area contributed by atoms with Gasteiger partial charge in [0.05, 0.1) is 6.10 Å². The predicted octanol–water partition coefficient (Wildman–Crippen LogP) is 4.01. The second-order valence-electron chi connectivity index (χ2n) is 7.82. The van der Waals surface area contributed by atoms with Gasteiger partial charge in [0.15, 0.2) is 17.5 Å². The molecule has 4 rings (SSSR count). The van der Waals surface area contributed by atoms with E-state index >= 15 is 0 Å². The molecule has 1 unspecified atom stereocenters. The number of nitrogens with one attached hydrogen (secondary N) is 1. The lowest BCUT2D eigenvalue weighted by Gasteiger charge is -2.12. The van der Waals surface area contributed by atoms with Gasteiger partial charge in [-0.2, -0.15) is 0 Å². The highest BCUT2D eigenvalue weighted by Crippen LogP contribution is 2.27. The number of phenols is 2. The molecular formula is C27H24N4O4. The smallest absolute Gasteiger partial charge is 0.243 e. The molecule has 0 aliphatic heterocycles. The van der Waals surface area contributed by atoms with E-state index in [1.807, 2.05) is 12.1 Å². The third-order valence-electron chi connectivity index (χ3n) is 5.34. The van der Waals surface area contributed by atoms with Crippen LogP contribution in [-0.2, 0) is 4.79 Å². The summed E-state index contributed by atoms with van der Waals surface area (Å²) in [7, 11) is 0. The Labute approximate surface area is 202 Å². The molecule has 1 amide bonds. The molecule has 4 N–H and O–H groups in total. The summed E-state index contributed by atoms with van der Waals surface area (Å²) in [5.41, 5.74) is 2.84. The summed E-state index contributed by atoms with van der Waals surface area (Å²) < 4.78 is 0. The molecule has 0 aliphatic carbocycles. The van der Waals surface area contributed by atoms with Crippen LogP contribution in [0.3, 0.4) is 0 Å². The number of phenolic OH excluding ortho intramolecular Hbond substituents is 2. The third kappa shape index (κ3) is 5.87. The number of benzene rings is 3. The van der Waals surface area contributed by atoms with Crippen molar-refractivity contribution >= 4 is 5.91 Å². The Morgan fingerprint density at radius 1 is 0.771 bits per heavy atom. The summed E-state index contributed by atoms with van der Waals surface area (Å²) >= 11 is 0. The number of amides is 1. The zero-order valence-electron chi connectivity index (χ0n) is 18.8. The van der Waals surface area contributed by atoms with Gasteiger partial charge in [-0.1, -0.05) is 30.8 Å². The first-order valence-corrected chi connectivity index (χ1v) is 11.0. The Hall–Kier alpha value is -4.56. The van der Waals surface area contributed by atoms with Crippen molar-refractivity contribution in [3.05, 3.63) is 91.0 Å². The van der Waals surface area contributed by atoms with Gasteiger partial charge in [0.2, 0.25) is 5.91 Å². The number of aliphatic hydroxyl groups excluding tert-OH is 1. The van der Waals surface area contributed by atoms with Crippen LogP contribution in [0, 0.1) is 0 Å². The normalized spacial score (nSPS) is 11.6. The highest BCUT2D eigenvalue weighted by molar-refractivity contribution is 5.86. The van der Waals surface area contributed by atoms with E-state index in [4.69, 9.17) is 0 Å². The van der Waals surface area contributed by atoms with Crippen LogP contribution in [0.2, 0.25) is 0 Å². The fourth-order valence-electron chi connectivity index (χ4n) is 3.41. The van der Waals surface area contributed by atoms with E-state index in [0.29, 0.717) is 47.1 Å². The molecular weight excluding hydrogens is 444 g/mol. The molecule has 0 spiro atoms. The standard InChI is InChI=1S/C27H24N4O4/c1-2-24(35)28-16-15-23(34)17-3-5-18(6-4-17)25-29-26(19-7-11-21(32)12-8-19)31-27(30-25)20-9-13-22(33)14-10-20/h2-14,23,32-34H,1,15-16H2,(H,28,35). The van der Waals surface area contributed by atoms with E-state index < -0.39 is 6.10 Å². The van der Waals surface area contributed by atoms with Gasteiger partial charge in [-0.3, -0.25) is 4.79 Å². The van der Waals surface area contributed by atoms with E-state index in [1.165, 1.54) is 6.08 Å². The SMILES string of the molecule is C=CC(=O)NCCC(O)c1ccc(-c2nc(-c3ccc(O)cc3)nc(-c3ccc(O)cc3)n2)cc1. The van der Waals surface area contributed by atoms with Gasteiger partial charge in [0, 0.05) is 23.2 Å². The lowest BCUT2D eigenvalue weighted by molar-refractivity contribution is -0.116. The van der Waals surface area contributed by atoms with Crippen LogP contribution in [0.25, 0.3) is 34.2 Å². The van der Waals surface area contributed by atoms with Crippen molar-refractivity contribution in [2.75, 3.05) is 6.54 Å². The van der Waals surface area contributed by atoms with Crippen molar-refractivity contribution in [1.29, 1.82) is 0 Å². The summed E-state index contributed by atoms with van der Waals surface area (Å²) in [4.78, 5) is 25.1. The number of hydrogen-bond acceptors (Lipinski definition) is 7. The van der Waals surface area contributed by atoms with E-state index in [9.17, 15) is 20.1 Å². The molecule has 1 atom stereocenters. The number of rotatable bonds is 8. The van der Waals surface area contributed by atoms with Gasteiger partial charge in [-0.15, -0.1) is 0 Å². The summed E-state index contributed by atoms with van der Waals surface area (Å²) in [6.45, 7) is 3.73. The van der Waals surface area contributed by atoms with Crippen LogP contribution >= 0.6 is 0 Å². The molecule has 1 aromatic heterocycles. The quantitative estimate of drug-likeness (QED) is 0.288. The molecule has 8 heteroatoms. The molecule has 4 aromatic rings. The Morgan fingerprint density at radius 3 is 1.57 bits per heavy atom. The molecule has 35 heavy (non-hydrogen) atoms. The summed E-state index contributed by atoms with van der Waals surface area (Å²) in [6, 6.07) is 20.4. The maximum atomic E-state index is 11.3. The first-order valence-electron chi connectivity index (χ1n) is 11.0. The van der Waals surface area contributed by atoms with E-state index in [0.717, 1.165) is 5.56 Å². The summed E-state index contributed by atoms with van der Waals surface area (Å²) in [5.74, 6) is 1.29. The van der Waals surface area contributed by atoms with Gasteiger partial charge in [0.25, 0.3) is 0 Å². The van der Waals surface area contributed by atoms with Gasteiger partial charge < -0.3 is 20.6 Å². The molecule has 176 valence electrons. The Kier molecular flexibility index (Phi) is 7.13. The fourth-order valence-corrected chi connectivity index (χ4v) is 3.41. The van der Waals surface area contributed by atoms with E-state index in [2.05, 4.69) is 26.8 Å². The fraction of sp³-hybridized carbons (Fsp3) is 0.111. The molecule has 0 saturated carbocycles. The van der Waals surface area contributed by atoms with Crippen molar-refractivity contribution in [3.63, 3.8) is 0 Å². The number of aromatic hydroxyl groups is 2. The average molecular weight is 469 g/mol. The molecule has 0 fully saturated rings. The van der Waals surface area contributed by atoms with E-state index in [-0.39, 0.29) is 17.4 Å². The molecule has 3 aromatic carbocycles. The molecule has 1 heterocycles. The minimum Gasteiger partial charge on any atom is -0.508 e. The van der Waals surface area contributed by atoms with Crippen LogP contribution in [0.5, 0.6) is 11.5 Å². The molecule has 0 radical (unpaired) electrons. The van der Waals surface area contributed by atoms with Gasteiger partial charge in [-0.05, 0) is 66.6 Å². The van der Waals surface area contributed by atoms with Crippen molar-refractivity contribution in [2.24, 2.45) is 0 Å². The number of nitrogens with zero attached hydrogens (tertiary/aromatic N) is 3. The number of hydrogen-bond donors (Lipinski definition) is 4. The zero-order chi connectivity index (χ0) is 24.8. The van der Waals surface area contributed by atoms with Crippen molar-refractivity contribution < 1.29 is 20.1 Å². The highest BCUT2D eigenvalue weighted by atomic mass is 16.3. The maximum absolute atomic E-state index is 11.3. The summed E-state index contributed by atoms with van der Waals surface area (Å²) in [6.07, 6.45) is 0.808. The number of carbonyl (C=O) groups is 1. The Morgan fingerprint density at radius 2 is 1.17 bits per heavy atom. The topological polar surface area (TPSA) is 128 Å².